The summed E-state index contributed by atoms with van der Waals surface area (Å²) in [5.41, 5.74) is -1.44. The fourth-order valence-corrected chi connectivity index (χ4v) is 3.47. The van der Waals surface area contributed by atoms with Gasteiger partial charge >= 0.3 is 12.1 Å². The van der Waals surface area contributed by atoms with Crippen LogP contribution in [0.4, 0.5) is 4.79 Å². The average molecular weight is 469 g/mol. The Morgan fingerprint density at radius 3 is 2.34 bits per heavy atom. The van der Waals surface area contributed by atoms with Crippen molar-refractivity contribution in [2.45, 2.75) is 64.6 Å². The fourth-order valence-electron chi connectivity index (χ4n) is 3.21. The van der Waals surface area contributed by atoms with E-state index < -0.39 is 35.2 Å². The largest absolute Gasteiger partial charge is 0.464 e. The van der Waals surface area contributed by atoms with Gasteiger partial charge in [0.2, 0.25) is 5.91 Å². The summed E-state index contributed by atoms with van der Waals surface area (Å²) in [5.74, 6) is -0.968. The zero-order valence-electron chi connectivity index (χ0n) is 17.6. The normalized spacial score (nSPS) is 18.7. The predicted octanol–water partition coefficient (Wildman–Crippen LogP) is 3.74. The first-order valence-electron chi connectivity index (χ1n) is 9.73. The van der Waals surface area contributed by atoms with Gasteiger partial charge in [-0.25, -0.2) is 9.59 Å². The number of nitrogens with one attached hydrogen (secondary N) is 1. The number of carbonyl (C=O) groups excluding carboxylic acids is 3. The van der Waals surface area contributed by atoms with Gasteiger partial charge in [0, 0.05) is 11.0 Å². The van der Waals surface area contributed by atoms with Gasteiger partial charge in [-0.3, -0.25) is 9.69 Å². The Bertz CT molecular complexity index is 759. The van der Waals surface area contributed by atoms with Gasteiger partial charge in [-0.1, -0.05) is 28.1 Å². The maximum atomic E-state index is 13.1. The highest BCUT2D eigenvalue weighted by Gasteiger charge is 2.43. The molecule has 1 aliphatic heterocycles. The Labute approximate surface area is 180 Å². The summed E-state index contributed by atoms with van der Waals surface area (Å²) in [5, 5.41) is 2.83. The summed E-state index contributed by atoms with van der Waals surface area (Å²) in [6.45, 7) is 9.28. The highest BCUT2D eigenvalue weighted by molar-refractivity contribution is 9.10. The summed E-state index contributed by atoms with van der Waals surface area (Å²) in [4.78, 5) is 39.8. The molecule has 7 nitrogen and oxygen atoms in total. The van der Waals surface area contributed by atoms with Gasteiger partial charge in [0.1, 0.15) is 11.6 Å². The third-order valence-electron chi connectivity index (χ3n) is 4.66. The topological polar surface area (TPSA) is 84.9 Å². The van der Waals surface area contributed by atoms with E-state index >= 15 is 0 Å². The summed E-state index contributed by atoms with van der Waals surface area (Å²) in [6.07, 6.45) is 0.660. The smallest absolute Gasteiger partial charge is 0.410 e. The first kappa shape index (κ1) is 23.2. The van der Waals surface area contributed by atoms with Gasteiger partial charge in [-0.2, -0.15) is 0 Å². The number of hydrogen-bond donors (Lipinski definition) is 1. The molecule has 0 radical (unpaired) electrons. The third kappa shape index (κ3) is 5.72. The molecule has 0 spiro atoms. The molecule has 8 heteroatoms. The van der Waals surface area contributed by atoms with E-state index in [-0.39, 0.29) is 6.61 Å². The van der Waals surface area contributed by atoms with E-state index in [4.69, 9.17) is 9.47 Å². The van der Waals surface area contributed by atoms with Crippen molar-refractivity contribution in [3.05, 3.63) is 34.3 Å². The lowest BCUT2D eigenvalue weighted by Gasteiger charge is -2.33. The molecule has 1 aliphatic rings. The molecule has 29 heavy (non-hydrogen) atoms. The molecule has 160 valence electrons. The summed E-state index contributed by atoms with van der Waals surface area (Å²) in [6, 6.07) is 6.39. The molecule has 1 saturated heterocycles. The lowest BCUT2D eigenvalue weighted by molar-refractivity contribution is -0.153. The number of benzene rings is 1. The monoisotopic (exact) mass is 468 g/mol. The van der Waals surface area contributed by atoms with Gasteiger partial charge in [-0.05, 0) is 65.2 Å². The highest BCUT2D eigenvalue weighted by Crippen LogP contribution is 2.27. The standard InChI is InChI=1S/C21H29BrN2O5/c1-6-28-18(26)21(5,14-9-11-15(22)12-10-14)23-17(25)16-8-7-13-24(16)19(27)29-20(2,3)4/h9-12,16H,6-8,13H2,1-5H3,(H,23,25). The Morgan fingerprint density at radius 2 is 1.79 bits per heavy atom. The van der Waals surface area contributed by atoms with E-state index in [1.165, 1.54) is 4.90 Å². The van der Waals surface area contributed by atoms with Crippen molar-refractivity contribution in [2.24, 2.45) is 0 Å². The molecule has 2 atom stereocenters. The molecule has 1 N–H and O–H groups in total. The second kappa shape index (κ2) is 9.15. The molecule has 1 aromatic rings. The summed E-state index contributed by atoms with van der Waals surface area (Å²) >= 11 is 3.37. The van der Waals surface area contributed by atoms with E-state index in [2.05, 4.69) is 21.2 Å². The number of halogens is 1. The lowest BCUT2D eigenvalue weighted by atomic mass is 9.91. The number of hydrogen-bond acceptors (Lipinski definition) is 5. The molecule has 1 fully saturated rings. The highest BCUT2D eigenvalue weighted by atomic mass is 79.9. The lowest BCUT2D eigenvalue weighted by Crippen LogP contribution is -2.56. The molecule has 1 aromatic carbocycles. The summed E-state index contributed by atoms with van der Waals surface area (Å²) in [7, 11) is 0. The minimum atomic E-state index is -1.38. The molecule has 0 aliphatic carbocycles. The Balaban J connectivity index is 2.25. The predicted molar refractivity (Wildman–Crippen MR) is 112 cm³/mol. The van der Waals surface area contributed by atoms with Crippen molar-refractivity contribution < 1.29 is 23.9 Å². The van der Waals surface area contributed by atoms with Crippen molar-refractivity contribution in [3.63, 3.8) is 0 Å². The molecular formula is C21H29BrN2O5. The Hall–Kier alpha value is -2.09. The van der Waals surface area contributed by atoms with Crippen molar-refractivity contribution in [1.29, 1.82) is 0 Å². The van der Waals surface area contributed by atoms with Crippen LogP contribution in [-0.4, -0.2) is 47.7 Å². The Kier molecular flexibility index (Phi) is 7.32. The van der Waals surface area contributed by atoms with Crippen LogP contribution in [0.15, 0.2) is 28.7 Å². The van der Waals surface area contributed by atoms with Gasteiger partial charge in [-0.15, -0.1) is 0 Å². The minimum absolute atomic E-state index is 0.189. The van der Waals surface area contributed by atoms with Crippen LogP contribution in [0.2, 0.25) is 0 Å². The van der Waals surface area contributed by atoms with E-state index in [1.807, 2.05) is 0 Å². The van der Waals surface area contributed by atoms with Gasteiger partial charge in [0.05, 0.1) is 6.61 Å². The SMILES string of the molecule is CCOC(=O)C(C)(NC(=O)C1CCCN1C(=O)OC(C)(C)C)c1ccc(Br)cc1. The van der Waals surface area contributed by atoms with Crippen LogP contribution >= 0.6 is 15.9 Å². The van der Waals surface area contributed by atoms with Gasteiger partial charge in [0.25, 0.3) is 0 Å². The maximum Gasteiger partial charge on any atom is 0.410 e. The summed E-state index contributed by atoms with van der Waals surface area (Å²) < 4.78 is 11.5. The quantitative estimate of drug-likeness (QED) is 0.665. The van der Waals surface area contributed by atoms with Crippen LogP contribution in [0.1, 0.15) is 53.0 Å². The van der Waals surface area contributed by atoms with E-state index in [0.29, 0.717) is 24.9 Å². The number of carbonyl (C=O) groups is 3. The second-order valence-electron chi connectivity index (χ2n) is 8.17. The van der Waals surface area contributed by atoms with Crippen LogP contribution in [0.5, 0.6) is 0 Å². The first-order chi connectivity index (χ1) is 13.5. The van der Waals surface area contributed by atoms with Crippen molar-refractivity contribution in [2.75, 3.05) is 13.2 Å². The van der Waals surface area contributed by atoms with E-state index in [1.54, 1.807) is 58.9 Å². The van der Waals surface area contributed by atoms with Crippen LogP contribution in [0.3, 0.4) is 0 Å². The number of rotatable bonds is 5. The second-order valence-corrected chi connectivity index (χ2v) is 9.09. The fraction of sp³-hybridized carbons (Fsp3) is 0.571. The molecule has 1 heterocycles. The number of ether oxygens (including phenoxy) is 2. The number of esters is 1. The average Bonchev–Trinajstić information content (AvgIpc) is 3.11. The van der Waals surface area contributed by atoms with Gasteiger partial charge in [0.15, 0.2) is 5.54 Å². The number of amides is 2. The zero-order valence-corrected chi connectivity index (χ0v) is 19.2. The Morgan fingerprint density at radius 1 is 1.17 bits per heavy atom. The van der Waals surface area contributed by atoms with E-state index in [0.717, 1.165) is 4.47 Å². The molecule has 0 saturated carbocycles. The van der Waals surface area contributed by atoms with Crippen molar-refractivity contribution >= 4 is 33.9 Å². The van der Waals surface area contributed by atoms with Crippen LogP contribution < -0.4 is 5.32 Å². The van der Waals surface area contributed by atoms with Crippen LogP contribution in [0, 0.1) is 0 Å². The van der Waals surface area contributed by atoms with Crippen LogP contribution in [0.25, 0.3) is 0 Å². The number of likely N-dealkylation sites (tertiary alicyclic amines) is 1. The molecule has 2 rings (SSSR count). The zero-order chi connectivity index (χ0) is 21.8. The maximum absolute atomic E-state index is 13.1. The molecule has 0 bridgehead atoms. The molecule has 2 amide bonds. The van der Waals surface area contributed by atoms with Crippen molar-refractivity contribution in [1.82, 2.24) is 10.2 Å². The van der Waals surface area contributed by atoms with Crippen LogP contribution in [-0.2, 0) is 24.6 Å². The third-order valence-corrected chi connectivity index (χ3v) is 5.19. The van der Waals surface area contributed by atoms with Crippen molar-refractivity contribution in [3.8, 4) is 0 Å². The molecule has 0 aromatic heterocycles. The first-order valence-corrected chi connectivity index (χ1v) is 10.5. The minimum Gasteiger partial charge on any atom is -0.464 e. The van der Waals surface area contributed by atoms with Gasteiger partial charge < -0.3 is 14.8 Å². The molecular weight excluding hydrogens is 440 g/mol. The molecule has 2 unspecified atom stereocenters. The number of nitrogens with zero attached hydrogens (tertiary/aromatic N) is 1. The van der Waals surface area contributed by atoms with E-state index in [9.17, 15) is 14.4 Å².